The second-order valence-corrected chi connectivity index (χ2v) is 5.04. The van der Waals surface area contributed by atoms with E-state index in [-0.39, 0.29) is 6.61 Å². The number of aliphatic hydroxyl groups excluding tert-OH is 1. The van der Waals surface area contributed by atoms with E-state index in [1.807, 2.05) is 25.1 Å². The summed E-state index contributed by atoms with van der Waals surface area (Å²) in [6.07, 6.45) is 3.09. The normalized spacial score (nSPS) is 9.90. The average Bonchev–Trinajstić information content (AvgIpc) is 2.49. The van der Waals surface area contributed by atoms with Gasteiger partial charge in [0.05, 0.1) is 11.1 Å². The highest BCUT2D eigenvalue weighted by molar-refractivity contribution is 7.98. The third kappa shape index (κ3) is 3.22. The number of nitrogens with zero attached hydrogens (tertiary/aromatic N) is 4. The van der Waals surface area contributed by atoms with Crippen molar-refractivity contribution in [2.75, 3.05) is 31.4 Å². The van der Waals surface area contributed by atoms with Gasteiger partial charge in [-0.25, -0.2) is 4.98 Å². The maximum Gasteiger partial charge on any atom is 0.147 e. The third-order valence-corrected chi connectivity index (χ3v) is 3.71. The zero-order chi connectivity index (χ0) is 15.1. The Hall–Kier alpha value is -1.76. The van der Waals surface area contributed by atoms with Crippen molar-refractivity contribution in [3.05, 3.63) is 16.7 Å². The van der Waals surface area contributed by atoms with Gasteiger partial charge in [-0.2, -0.15) is 10.5 Å². The summed E-state index contributed by atoms with van der Waals surface area (Å²) in [5.41, 5.74) is 1.71. The molecule has 0 amide bonds. The largest absolute Gasteiger partial charge is 0.396 e. The van der Waals surface area contributed by atoms with Crippen LogP contribution in [0.5, 0.6) is 0 Å². The first-order chi connectivity index (χ1) is 9.64. The second-order valence-electron chi connectivity index (χ2n) is 4.25. The molecule has 0 aliphatic heterocycles. The van der Waals surface area contributed by atoms with Crippen molar-refractivity contribution in [1.82, 2.24) is 4.98 Å². The standard InChI is InChI=1S/C14H18N4OS/c1-4-10-11(8-15)13(18(2)6-5-7-19)17-14(20-3)12(10)9-16/h19H,4-7H2,1-3H3. The van der Waals surface area contributed by atoms with Gasteiger partial charge >= 0.3 is 0 Å². The number of hydrogen-bond donors (Lipinski definition) is 1. The molecule has 1 heterocycles. The summed E-state index contributed by atoms with van der Waals surface area (Å²) < 4.78 is 0. The highest BCUT2D eigenvalue weighted by Gasteiger charge is 2.20. The lowest BCUT2D eigenvalue weighted by Gasteiger charge is -2.21. The zero-order valence-electron chi connectivity index (χ0n) is 12.0. The Morgan fingerprint density at radius 3 is 2.40 bits per heavy atom. The maximum atomic E-state index is 9.41. The van der Waals surface area contributed by atoms with Crippen LogP contribution < -0.4 is 4.90 Å². The van der Waals surface area contributed by atoms with Gasteiger partial charge in [-0.15, -0.1) is 11.8 Å². The summed E-state index contributed by atoms with van der Waals surface area (Å²) in [7, 11) is 1.84. The van der Waals surface area contributed by atoms with Crippen LogP contribution in [0.1, 0.15) is 30.0 Å². The smallest absolute Gasteiger partial charge is 0.147 e. The van der Waals surface area contributed by atoms with Crippen LogP contribution in [0.2, 0.25) is 0 Å². The van der Waals surface area contributed by atoms with E-state index in [0.717, 1.165) is 5.56 Å². The van der Waals surface area contributed by atoms with E-state index in [4.69, 9.17) is 5.11 Å². The predicted molar refractivity (Wildman–Crippen MR) is 79.8 cm³/mol. The molecule has 0 spiro atoms. The fourth-order valence-electron chi connectivity index (χ4n) is 2.02. The van der Waals surface area contributed by atoms with Crippen LogP contribution in [0.15, 0.2) is 5.03 Å². The summed E-state index contributed by atoms with van der Waals surface area (Å²) in [4.78, 5) is 6.31. The molecular weight excluding hydrogens is 272 g/mol. The molecule has 106 valence electrons. The quantitative estimate of drug-likeness (QED) is 0.806. The molecule has 1 aromatic rings. The molecule has 0 saturated heterocycles. The van der Waals surface area contributed by atoms with E-state index < -0.39 is 0 Å². The minimum Gasteiger partial charge on any atom is -0.396 e. The van der Waals surface area contributed by atoms with Gasteiger partial charge in [-0.05, 0) is 24.7 Å². The van der Waals surface area contributed by atoms with Crippen molar-refractivity contribution in [3.63, 3.8) is 0 Å². The molecule has 0 unspecified atom stereocenters. The van der Waals surface area contributed by atoms with Crippen molar-refractivity contribution in [2.24, 2.45) is 0 Å². The average molecular weight is 290 g/mol. The molecule has 6 heteroatoms. The number of pyridine rings is 1. The minimum atomic E-state index is 0.0958. The molecule has 0 aliphatic carbocycles. The van der Waals surface area contributed by atoms with Crippen molar-refractivity contribution in [3.8, 4) is 12.1 Å². The van der Waals surface area contributed by atoms with E-state index >= 15 is 0 Å². The molecule has 0 fully saturated rings. The second kappa shape index (κ2) is 7.74. The summed E-state index contributed by atoms with van der Waals surface area (Å²) in [6.45, 7) is 2.64. The molecule has 0 radical (unpaired) electrons. The third-order valence-electron chi connectivity index (χ3n) is 3.03. The van der Waals surface area contributed by atoms with Gasteiger partial charge in [0, 0.05) is 20.2 Å². The summed E-state index contributed by atoms with van der Waals surface area (Å²) in [5.74, 6) is 0.584. The Balaban J connectivity index is 3.45. The lowest BCUT2D eigenvalue weighted by molar-refractivity contribution is 0.290. The lowest BCUT2D eigenvalue weighted by Crippen LogP contribution is -2.23. The molecule has 5 nitrogen and oxygen atoms in total. The fourth-order valence-corrected chi connectivity index (χ4v) is 2.57. The molecule has 0 saturated carbocycles. The van der Waals surface area contributed by atoms with Gasteiger partial charge in [0.25, 0.3) is 0 Å². The number of thioether (sulfide) groups is 1. The van der Waals surface area contributed by atoms with E-state index in [1.54, 1.807) is 0 Å². The Morgan fingerprint density at radius 2 is 1.95 bits per heavy atom. The molecule has 0 bridgehead atoms. The van der Waals surface area contributed by atoms with Gasteiger partial charge in [0.2, 0.25) is 0 Å². The van der Waals surface area contributed by atoms with Crippen LogP contribution in [0.3, 0.4) is 0 Å². The first kappa shape index (κ1) is 16.3. The lowest BCUT2D eigenvalue weighted by atomic mass is 10.0. The van der Waals surface area contributed by atoms with Gasteiger partial charge in [0.1, 0.15) is 23.0 Å². The molecule has 0 aliphatic rings. The van der Waals surface area contributed by atoms with Crippen molar-refractivity contribution in [1.29, 1.82) is 10.5 Å². The van der Waals surface area contributed by atoms with Crippen LogP contribution in [0, 0.1) is 22.7 Å². The molecule has 0 atom stereocenters. The van der Waals surface area contributed by atoms with Crippen LogP contribution in [0.4, 0.5) is 5.82 Å². The molecule has 1 N–H and O–H groups in total. The number of rotatable bonds is 6. The highest BCUT2D eigenvalue weighted by Crippen LogP contribution is 2.30. The highest BCUT2D eigenvalue weighted by atomic mass is 32.2. The van der Waals surface area contributed by atoms with E-state index in [9.17, 15) is 10.5 Å². The summed E-state index contributed by atoms with van der Waals surface area (Å²) >= 11 is 1.41. The Morgan fingerprint density at radius 1 is 1.30 bits per heavy atom. The van der Waals surface area contributed by atoms with E-state index in [2.05, 4.69) is 17.1 Å². The SMILES string of the molecule is CCc1c(C#N)c(SC)nc(N(C)CCCO)c1C#N. The van der Waals surface area contributed by atoms with Gasteiger partial charge in [0.15, 0.2) is 0 Å². The van der Waals surface area contributed by atoms with Gasteiger partial charge in [-0.1, -0.05) is 6.92 Å². The topological polar surface area (TPSA) is 83.9 Å². The van der Waals surface area contributed by atoms with E-state index in [0.29, 0.717) is 41.4 Å². The fraction of sp³-hybridized carbons (Fsp3) is 0.500. The van der Waals surface area contributed by atoms with Crippen molar-refractivity contribution in [2.45, 2.75) is 24.8 Å². The molecule has 0 aromatic carbocycles. The number of nitriles is 2. The van der Waals surface area contributed by atoms with Crippen LogP contribution in [-0.4, -0.2) is 36.5 Å². The number of anilines is 1. The molecule has 1 aromatic heterocycles. The molecule has 20 heavy (non-hydrogen) atoms. The first-order valence-corrected chi connectivity index (χ1v) is 7.60. The zero-order valence-corrected chi connectivity index (χ0v) is 12.8. The van der Waals surface area contributed by atoms with Crippen LogP contribution in [0.25, 0.3) is 0 Å². The summed E-state index contributed by atoms with van der Waals surface area (Å²) in [6, 6.07) is 4.33. The number of hydrogen-bond acceptors (Lipinski definition) is 6. The minimum absolute atomic E-state index is 0.0958. The van der Waals surface area contributed by atoms with Crippen LogP contribution >= 0.6 is 11.8 Å². The Labute approximate surface area is 123 Å². The predicted octanol–water partition coefficient (Wildman–Crippen LogP) is 1.93. The van der Waals surface area contributed by atoms with Gasteiger partial charge in [-0.3, -0.25) is 0 Å². The summed E-state index contributed by atoms with van der Waals surface area (Å²) in [5, 5.41) is 28.3. The molecule has 1 rings (SSSR count). The van der Waals surface area contributed by atoms with Gasteiger partial charge < -0.3 is 10.0 Å². The number of aliphatic hydroxyl groups is 1. The first-order valence-electron chi connectivity index (χ1n) is 6.37. The molecular formula is C14H18N4OS. The number of aromatic nitrogens is 1. The van der Waals surface area contributed by atoms with E-state index in [1.165, 1.54) is 11.8 Å². The monoisotopic (exact) mass is 290 g/mol. The maximum absolute atomic E-state index is 9.41. The van der Waals surface area contributed by atoms with Crippen molar-refractivity contribution < 1.29 is 5.11 Å². The Bertz CT molecular complexity index is 560. The Kier molecular flexibility index (Phi) is 6.30. The van der Waals surface area contributed by atoms with Crippen LogP contribution in [-0.2, 0) is 6.42 Å². The van der Waals surface area contributed by atoms with Crippen molar-refractivity contribution >= 4 is 17.6 Å².